The van der Waals surface area contributed by atoms with Crippen LogP contribution in [0.4, 0.5) is 13.2 Å². The van der Waals surface area contributed by atoms with Gasteiger partial charge in [0, 0.05) is 46.5 Å². The van der Waals surface area contributed by atoms with E-state index in [1.807, 2.05) is 6.92 Å². The maximum atomic E-state index is 11.5. The van der Waals surface area contributed by atoms with Crippen molar-refractivity contribution < 1.29 is 104 Å². The highest BCUT2D eigenvalue weighted by atomic mass is 19.4. The van der Waals surface area contributed by atoms with Gasteiger partial charge in [-0.25, -0.2) is 19.2 Å². The monoisotopic (exact) mass is 1030 g/mol. The van der Waals surface area contributed by atoms with Gasteiger partial charge in [0.1, 0.15) is 17.3 Å². The number of hydrogen-bond donors (Lipinski definition) is 1. The van der Waals surface area contributed by atoms with E-state index in [0.717, 1.165) is 46.2 Å². The molecule has 19 nitrogen and oxygen atoms in total. The summed E-state index contributed by atoms with van der Waals surface area (Å²) >= 11 is 0. The van der Waals surface area contributed by atoms with Crippen LogP contribution >= 0.6 is 0 Å². The lowest BCUT2D eigenvalue weighted by atomic mass is 10.2. The highest BCUT2D eigenvalue weighted by Gasteiger charge is 2.43. The smallest absolute Gasteiger partial charge is 0.422 e. The van der Waals surface area contributed by atoms with Crippen LogP contribution in [0.2, 0.25) is 0 Å². The summed E-state index contributed by atoms with van der Waals surface area (Å²) in [6, 6.07) is 0. The van der Waals surface area contributed by atoms with Crippen molar-refractivity contribution >= 4 is 29.7 Å². The highest BCUT2D eigenvalue weighted by Crippen LogP contribution is 2.34. The molecular weight excluding hydrogens is 950 g/mol. The molecule has 4 aliphatic rings. The van der Waals surface area contributed by atoms with Crippen molar-refractivity contribution in [2.24, 2.45) is 0 Å². The van der Waals surface area contributed by atoms with Gasteiger partial charge in [0.25, 0.3) is 0 Å². The molecule has 0 bridgehead atoms. The van der Waals surface area contributed by atoms with Crippen LogP contribution < -0.4 is 0 Å². The third-order valence-electron chi connectivity index (χ3n) is 7.32. The van der Waals surface area contributed by atoms with Gasteiger partial charge in [-0.1, -0.05) is 45.5 Å². The van der Waals surface area contributed by atoms with Crippen LogP contribution in [-0.4, -0.2) is 187 Å². The second-order valence-electron chi connectivity index (χ2n) is 14.4. The average molecular weight is 1040 g/mol. The van der Waals surface area contributed by atoms with Crippen LogP contribution in [0.15, 0.2) is 87.3 Å². The van der Waals surface area contributed by atoms with Crippen LogP contribution in [0.3, 0.4) is 0 Å². The molecule has 4 rings (SSSR count). The van der Waals surface area contributed by atoms with Crippen molar-refractivity contribution in [3.05, 3.63) is 87.3 Å². The van der Waals surface area contributed by atoms with Crippen molar-refractivity contribution in [2.75, 3.05) is 117 Å². The number of rotatable bonds is 16. The summed E-state index contributed by atoms with van der Waals surface area (Å²) in [4.78, 5) is 50.8. The van der Waals surface area contributed by atoms with Gasteiger partial charge in [-0.2, -0.15) is 13.2 Å². The fraction of sp³-hybridized carbons (Fsp3) is 0.612. The molecule has 0 aromatic rings. The van der Waals surface area contributed by atoms with Gasteiger partial charge in [-0.3, -0.25) is 4.79 Å². The van der Waals surface area contributed by atoms with Crippen LogP contribution in [0, 0.1) is 0 Å². The topological polar surface area (TPSA) is 239 Å². The number of ether oxygens (including phenoxy) is 13. The molecule has 71 heavy (non-hydrogen) atoms. The fourth-order valence-electron chi connectivity index (χ4n) is 2.51. The zero-order chi connectivity index (χ0) is 57.2. The van der Waals surface area contributed by atoms with Crippen molar-refractivity contribution in [1.82, 2.24) is 0 Å². The van der Waals surface area contributed by atoms with Gasteiger partial charge in [-0.15, -0.1) is 6.58 Å². The summed E-state index contributed by atoms with van der Waals surface area (Å²) in [5.74, 6) is -2.72. The first-order chi connectivity index (χ1) is 33.0. The van der Waals surface area contributed by atoms with Gasteiger partial charge >= 0.3 is 30.1 Å². The van der Waals surface area contributed by atoms with E-state index in [4.69, 9.17) is 33.5 Å². The predicted molar refractivity (Wildman–Crippen MR) is 263 cm³/mol. The molecule has 22 heteroatoms. The average Bonchev–Trinajstić information content (AvgIpc) is 4.19. The largest absolute Gasteiger partial charge is 0.505 e. The minimum atomic E-state index is -4.69. The molecule has 0 aromatic carbocycles. The Morgan fingerprint density at radius 2 is 1.17 bits per heavy atom. The van der Waals surface area contributed by atoms with Gasteiger partial charge in [0.15, 0.2) is 5.78 Å². The molecule has 0 spiro atoms. The number of esters is 4. The first-order valence-corrected chi connectivity index (χ1v) is 21.0. The number of methoxy groups -OCH3 is 9. The molecule has 4 saturated heterocycles. The van der Waals surface area contributed by atoms with E-state index in [-0.39, 0.29) is 35.1 Å². The lowest BCUT2D eigenvalue weighted by Crippen LogP contribution is -2.19. The van der Waals surface area contributed by atoms with Gasteiger partial charge < -0.3 is 66.7 Å². The maximum Gasteiger partial charge on any atom is 0.422 e. The van der Waals surface area contributed by atoms with E-state index < -0.39 is 29.7 Å². The van der Waals surface area contributed by atoms with Gasteiger partial charge in [0.2, 0.25) is 0 Å². The molecule has 0 aliphatic carbocycles. The summed E-state index contributed by atoms with van der Waals surface area (Å²) in [7, 11) is 12.9. The van der Waals surface area contributed by atoms with E-state index in [1.54, 1.807) is 48.5 Å². The first kappa shape index (κ1) is 80.1. The van der Waals surface area contributed by atoms with Gasteiger partial charge in [-0.05, 0) is 47.6 Å². The molecule has 4 unspecified atom stereocenters. The minimum Gasteiger partial charge on any atom is -0.505 e. The molecule has 416 valence electrons. The van der Waals surface area contributed by atoms with Crippen molar-refractivity contribution in [2.45, 2.75) is 83.7 Å². The maximum absolute atomic E-state index is 11.5. The summed E-state index contributed by atoms with van der Waals surface area (Å²) in [6.45, 7) is 39.2. The highest BCUT2D eigenvalue weighted by molar-refractivity contribution is 5.89. The fourth-order valence-corrected chi connectivity index (χ4v) is 2.51. The van der Waals surface area contributed by atoms with Crippen molar-refractivity contribution in [1.29, 1.82) is 0 Å². The van der Waals surface area contributed by atoms with E-state index >= 15 is 0 Å². The predicted octanol–water partition coefficient (Wildman–Crippen LogP) is 6.48. The molecule has 4 atom stereocenters. The quantitative estimate of drug-likeness (QED) is 0.0434. The normalized spacial score (nSPS) is 17.5. The third-order valence-corrected chi connectivity index (χ3v) is 7.32. The van der Waals surface area contributed by atoms with Gasteiger partial charge in [0.05, 0.1) is 118 Å². The number of alkyl halides is 3. The Balaban J connectivity index is -0.000000128. The summed E-state index contributed by atoms with van der Waals surface area (Å²) in [6.07, 6.45) is 2.76. The summed E-state index contributed by atoms with van der Waals surface area (Å²) < 4.78 is 93.6. The van der Waals surface area contributed by atoms with Crippen LogP contribution in [0.25, 0.3) is 0 Å². The first-order valence-electron chi connectivity index (χ1n) is 21.0. The van der Waals surface area contributed by atoms with E-state index in [9.17, 15) is 37.1 Å². The number of hydrogen-bond acceptors (Lipinski definition) is 19. The second kappa shape index (κ2) is 51.3. The number of ketones is 1. The molecule has 0 amide bonds. The van der Waals surface area contributed by atoms with E-state index in [0.29, 0.717) is 43.5 Å². The molecule has 4 heterocycles. The molecule has 0 aromatic heterocycles. The third kappa shape index (κ3) is 69.3. The Morgan fingerprint density at radius 1 is 0.732 bits per heavy atom. The van der Waals surface area contributed by atoms with Crippen LogP contribution in [0.1, 0.15) is 48.0 Å². The molecule has 0 radical (unpaired) electrons. The number of carbonyl (C=O) groups is 5. The molecule has 1 N–H and O–H groups in total. The number of aliphatic hydroxyl groups is 1. The summed E-state index contributed by atoms with van der Waals surface area (Å²) in [5.41, 5.74) is -0.695. The Hall–Kier alpha value is -5.04. The Morgan fingerprint density at radius 3 is 1.27 bits per heavy atom. The Kier molecular flexibility index (Phi) is 57.9. The number of halogens is 3. The second-order valence-corrected chi connectivity index (χ2v) is 14.4. The number of epoxide rings is 4. The molecule has 0 saturated carbocycles. The lowest BCUT2D eigenvalue weighted by molar-refractivity contribution is -0.148. The van der Waals surface area contributed by atoms with E-state index in [2.05, 4.69) is 107 Å². The number of allylic oxidation sites excluding steroid dienone is 1. The standard InChI is InChI=1S/C6H10O2.C5H5F3O2.C5H8O3.C5H10O2.C5H8O2.C5H10O.C4H8O2.C4H6O2.C4H8O.2C3H6O/c1-3-6(7)4-5-8-2;1-3(4(9)10-2)5(6,7)8;1-4(3-6)5(7)8-2;1-5(3-6-2)4-7-5;1-4(2)5(6)7-3;1-4-5(2,3)6-4;1-5-2-4-3-6-4;1-3-4(5)6-2;1-3-4-5-2;1-3-2-4-3;1-3-4-2/h3H,1,4-5H2,2H3;1H2,2H3;6H,1,3H2,2H3;3-4H2,1-2H3;1H2,2-3H3;4H,1-3H3;4H,2-3H2,1H3;3H,1H2,2H3;3H,1,4H2,2H3;3H,2H2,1H3;3H,1H2,2H3. The van der Waals surface area contributed by atoms with Crippen molar-refractivity contribution in [3.63, 3.8) is 0 Å². The van der Waals surface area contributed by atoms with Crippen LogP contribution in [0.5, 0.6) is 0 Å². The molecular formula is C49H85F3O19. The van der Waals surface area contributed by atoms with Crippen molar-refractivity contribution in [3.8, 4) is 0 Å². The van der Waals surface area contributed by atoms with Crippen LogP contribution in [-0.2, 0) is 85.6 Å². The zero-order valence-corrected chi connectivity index (χ0v) is 44.8. The summed E-state index contributed by atoms with van der Waals surface area (Å²) in [5, 5.41) is 8.24. The minimum absolute atomic E-state index is 0.0341. The lowest BCUT2D eigenvalue weighted by Gasteiger charge is -2.05. The molecule has 4 fully saturated rings. The number of carbonyl (C=O) groups excluding carboxylic acids is 5. The SMILES string of the molecule is C=C(C(=O)OC)C(F)(F)F.C=C(C)C(=O)OC.C=C(CO)C(=O)OC.C=CC(=O)CCOC.C=CC(=O)OC.C=CCOC.C=COC.CC1CO1.CC1OC1(C)C.COCC1(C)CO1.COCC1CO1. The zero-order valence-electron chi connectivity index (χ0n) is 44.8. The number of aliphatic hydroxyl groups excluding tert-OH is 1. The molecule has 4 aliphatic heterocycles. The Labute approximate surface area is 420 Å². The van der Waals surface area contributed by atoms with E-state index in [1.165, 1.54) is 33.7 Å². The Bertz CT molecular complexity index is 1470.